The van der Waals surface area contributed by atoms with E-state index in [1.54, 1.807) is 31.2 Å². The maximum absolute atomic E-state index is 11.9. The van der Waals surface area contributed by atoms with Gasteiger partial charge in [-0.3, -0.25) is 9.59 Å². The molecular formula is C20H21N3O6. The van der Waals surface area contributed by atoms with Crippen LogP contribution in [0.4, 0.5) is 5.69 Å². The number of aryl methyl sites for hydroxylation is 1. The molecule has 2 aromatic carbocycles. The molecule has 29 heavy (non-hydrogen) atoms. The first-order valence-corrected chi connectivity index (χ1v) is 8.71. The van der Waals surface area contributed by atoms with Crippen molar-refractivity contribution in [1.82, 2.24) is 5.43 Å². The maximum Gasteiger partial charge on any atom is 0.341 e. The molecule has 0 unspecified atom stereocenters. The van der Waals surface area contributed by atoms with Crippen LogP contribution < -0.4 is 20.2 Å². The predicted octanol–water partition coefficient (Wildman–Crippen LogP) is 1.95. The Morgan fingerprint density at radius 3 is 2.41 bits per heavy atom. The van der Waals surface area contributed by atoms with E-state index in [9.17, 15) is 14.4 Å². The van der Waals surface area contributed by atoms with E-state index in [0.717, 1.165) is 5.56 Å². The van der Waals surface area contributed by atoms with Crippen LogP contribution in [0, 0.1) is 6.92 Å². The van der Waals surface area contributed by atoms with Gasteiger partial charge in [0.1, 0.15) is 0 Å². The first-order chi connectivity index (χ1) is 13.9. The molecule has 0 aliphatic carbocycles. The minimum absolute atomic E-state index is 0.271. The number of ether oxygens (including phenoxy) is 2. The van der Waals surface area contributed by atoms with E-state index in [4.69, 9.17) is 14.6 Å². The summed E-state index contributed by atoms with van der Waals surface area (Å²) >= 11 is 0. The van der Waals surface area contributed by atoms with Crippen molar-refractivity contribution in [3.05, 3.63) is 53.6 Å². The Morgan fingerprint density at radius 2 is 1.76 bits per heavy atom. The molecule has 9 heteroatoms. The number of rotatable bonds is 8. The van der Waals surface area contributed by atoms with Crippen molar-refractivity contribution in [1.29, 1.82) is 0 Å². The lowest BCUT2D eigenvalue weighted by molar-refractivity contribution is -0.139. The van der Waals surface area contributed by atoms with Crippen molar-refractivity contribution >= 4 is 29.7 Å². The number of aliphatic carboxylic acids is 1. The molecule has 0 bridgehead atoms. The second kappa shape index (κ2) is 10.5. The number of anilines is 1. The molecule has 9 nitrogen and oxygen atoms in total. The predicted molar refractivity (Wildman–Crippen MR) is 106 cm³/mol. The molecule has 2 amide bonds. The molecule has 152 valence electrons. The fraction of sp³-hybridized carbons (Fsp3) is 0.200. The third-order valence-electron chi connectivity index (χ3n) is 3.51. The highest BCUT2D eigenvalue weighted by atomic mass is 16.5. The Kier molecular flexibility index (Phi) is 7.72. The van der Waals surface area contributed by atoms with Gasteiger partial charge in [0, 0.05) is 5.69 Å². The van der Waals surface area contributed by atoms with E-state index in [2.05, 4.69) is 15.8 Å². The van der Waals surface area contributed by atoms with Gasteiger partial charge in [0.05, 0.1) is 12.8 Å². The van der Waals surface area contributed by atoms with Gasteiger partial charge in [-0.2, -0.15) is 5.10 Å². The van der Waals surface area contributed by atoms with Crippen LogP contribution in [0.5, 0.6) is 11.5 Å². The SMILES string of the molecule is CCOc1cc(/C=N\NC(=O)C(=O)Nc2ccc(C)cc2)ccc1OCC(=O)O. The Morgan fingerprint density at radius 1 is 1.03 bits per heavy atom. The van der Waals surface area contributed by atoms with Crippen molar-refractivity contribution in [2.75, 3.05) is 18.5 Å². The van der Waals surface area contributed by atoms with Gasteiger partial charge >= 0.3 is 17.8 Å². The number of hydrogen-bond donors (Lipinski definition) is 3. The largest absolute Gasteiger partial charge is 0.490 e. The summed E-state index contributed by atoms with van der Waals surface area (Å²) in [5.74, 6) is -2.27. The van der Waals surface area contributed by atoms with Gasteiger partial charge in [0.25, 0.3) is 0 Å². The van der Waals surface area contributed by atoms with Crippen molar-refractivity contribution in [2.45, 2.75) is 13.8 Å². The summed E-state index contributed by atoms with van der Waals surface area (Å²) in [5.41, 5.74) is 4.22. The highest BCUT2D eigenvalue weighted by Crippen LogP contribution is 2.28. The standard InChI is InChI=1S/C20H21N3O6/c1-3-28-17-10-14(6-9-16(17)29-12-18(24)25)11-21-23-20(27)19(26)22-15-7-4-13(2)5-8-15/h4-11H,3,12H2,1-2H3,(H,22,26)(H,23,27)(H,24,25)/b21-11-. The number of hydrogen-bond acceptors (Lipinski definition) is 6. The summed E-state index contributed by atoms with van der Waals surface area (Å²) in [4.78, 5) is 34.3. The van der Waals surface area contributed by atoms with E-state index < -0.39 is 24.4 Å². The van der Waals surface area contributed by atoms with Crippen LogP contribution in [0.3, 0.4) is 0 Å². The lowest BCUT2D eigenvalue weighted by Gasteiger charge is -2.11. The second-order valence-electron chi connectivity index (χ2n) is 5.84. The second-order valence-corrected chi connectivity index (χ2v) is 5.84. The summed E-state index contributed by atoms with van der Waals surface area (Å²) in [7, 11) is 0. The normalized spacial score (nSPS) is 10.4. The molecule has 2 aromatic rings. The number of nitrogens with one attached hydrogen (secondary N) is 2. The first-order valence-electron chi connectivity index (χ1n) is 8.71. The number of carboxylic acid groups (broad SMARTS) is 1. The number of benzene rings is 2. The fourth-order valence-electron chi connectivity index (χ4n) is 2.17. The monoisotopic (exact) mass is 399 g/mol. The third kappa shape index (κ3) is 6.98. The Labute approximate surface area is 167 Å². The minimum Gasteiger partial charge on any atom is -0.490 e. The smallest absolute Gasteiger partial charge is 0.341 e. The molecule has 0 saturated heterocycles. The van der Waals surface area contributed by atoms with Crippen molar-refractivity contribution in [3.8, 4) is 11.5 Å². The minimum atomic E-state index is -1.11. The van der Waals surface area contributed by atoms with Crippen molar-refractivity contribution in [2.24, 2.45) is 5.10 Å². The summed E-state index contributed by atoms with van der Waals surface area (Å²) in [5, 5.41) is 14.9. The average molecular weight is 399 g/mol. The van der Waals surface area contributed by atoms with Crippen LogP contribution in [-0.2, 0) is 14.4 Å². The van der Waals surface area contributed by atoms with E-state index in [1.165, 1.54) is 12.3 Å². The zero-order valence-electron chi connectivity index (χ0n) is 16.0. The first kappa shape index (κ1) is 21.4. The molecule has 0 aliphatic rings. The van der Waals surface area contributed by atoms with Gasteiger partial charge in [-0.15, -0.1) is 0 Å². The van der Waals surface area contributed by atoms with Crippen LogP contribution in [-0.4, -0.2) is 42.3 Å². The molecule has 0 heterocycles. The molecule has 3 N–H and O–H groups in total. The van der Waals surface area contributed by atoms with Crippen LogP contribution >= 0.6 is 0 Å². The molecule has 0 saturated carbocycles. The zero-order valence-corrected chi connectivity index (χ0v) is 16.0. The molecule has 0 fully saturated rings. The number of carboxylic acids is 1. The molecule has 0 radical (unpaired) electrons. The van der Waals surface area contributed by atoms with E-state index in [1.807, 2.05) is 19.1 Å². The number of hydrazone groups is 1. The number of amides is 2. The Balaban J connectivity index is 1.96. The zero-order chi connectivity index (χ0) is 21.2. The summed E-state index contributed by atoms with van der Waals surface area (Å²) < 4.78 is 10.6. The van der Waals surface area contributed by atoms with Crippen molar-refractivity contribution in [3.63, 3.8) is 0 Å². The number of carbonyl (C=O) groups excluding carboxylic acids is 2. The topological polar surface area (TPSA) is 126 Å². The van der Waals surface area contributed by atoms with Crippen molar-refractivity contribution < 1.29 is 29.0 Å². The highest BCUT2D eigenvalue weighted by molar-refractivity contribution is 6.39. The van der Waals surface area contributed by atoms with Gasteiger partial charge in [-0.25, -0.2) is 10.2 Å². The Hall–Kier alpha value is -3.88. The highest BCUT2D eigenvalue weighted by Gasteiger charge is 2.13. The quantitative estimate of drug-likeness (QED) is 0.354. The summed E-state index contributed by atoms with van der Waals surface area (Å²) in [6.45, 7) is 3.53. The van der Waals surface area contributed by atoms with Crippen LogP contribution in [0.25, 0.3) is 0 Å². The molecule has 0 atom stereocenters. The lowest BCUT2D eigenvalue weighted by atomic mass is 10.2. The van der Waals surface area contributed by atoms with E-state index >= 15 is 0 Å². The summed E-state index contributed by atoms with van der Waals surface area (Å²) in [6, 6.07) is 11.7. The summed E-state index contributed by atoms with van der Waals surface area (Å²) in [6.07, 6.45) is 1.32. The number of nitrogens with zero attached hydrogens (tertiary/aromatic N) is 1. The van der Waals surface area contributed by atoms with Gasteiger partial charge < -0.3 is 19.9 Å². The van der Waals surface area contributed by atoms with Gasteiger partial charge in [-0.1, -0.05) is 17.7 Å². The molecule has 0 aromatic heterocycles. The maximum atomic E-state index is 11.9. The molecular weight excluding hydrogens is 378 g/mol. The number of carbonyl (C=O) groups is 3. The molecule has 0 aliphatic heterocycles. The van der Waals surface area contributed by atoms with Crippen LogP contribution in [0.2, 0.25) is 0 Å². The third-order valence-corrected chi connectivity index (χ3v) is 3.51. The van der Waals surface area contributed by atoms with Gasteiger partial charge in [-0.05, 0) is 49.7 Å². The van der Waals surface area contributed by atoms with E-state index in [0.29, 0.717) is 23.6 Å². The molecule has 2 rings (SSSR count). The Bertz CT molecular complexity index is 909. The average Bonchev–Trinajstić information content (AvgIpc) is 2.69. The van der Waals surface area contributed by atoms with Gasteiger partial charge in [0.2, 0.25) is 0 Å². The lowest BCUT2D eigenvalue weighted by Crippen LogP contribution is -2.32. The van der Waals surface area contributed by atoms with E-state index in [-0.39, 0.29) is 5.75 Å². The van der Waals surface area contributed by atoms with Gasteiger partial charge in [0.15, 0.2) is 18.1 Å². The fourth-order valence-corrected chi connectivity index (χ4v) is 2.17. The van der Waals surface area contributed by atoms with Crippen LogP contribution in [0.15, 0.2) is 47.6 Å². The van der Waals surface area contributed by atoms with Crippen LogP contribution in [0.1, 0.15) is 18.1 Å². The molecule has 0 spiro atoms.